The summed E-state index contributed by atoms with van der Waals surface area (Å²) in [5.74, 6) is 0. The summed E-state index contributed by atoms with van der Waals surface area (Å²) in [6, 6.07) is 0. The highest BCUT2D eigenvalue weighted by Crippen LogP contribution is 2.57. The van der Waals surface area contributed by atoms with Gasteiger partial charge in [0, 0.05) is 6.42 Å². The molecule has 0 spiro atoms. The molecule has 0 heterocycles. The van der Waals surface area contributed by atoms with Crippen LogP contribution in [0.3, 0.4) is 0 Å². The summed E-state index contributed by atoms with van der Waals surface area (Å²) in [6.07, 6.45) is 2.11. The first-order valence-electron chi connectivity index (χ1n) is 3.91. The lowest BCUT2D eigenvalue weighted by Crippen LogP contribution is -2.28. The van der Waals surface area contributed by atoms with Crippen molar-refractivity contribution >= 4 is 0 Å². The van der Waals surface area contributed by atoms with E-state index >= 15 is 0 Å². The van der Waals surface area contributed by atoms with Crippen LogP contribution in [-0.2, 0) is 0 Å². The summed E-state index contributed by atoms with van der Waals surface area (Å²) in [7, 11) is 0. The van der Waals surface area contributed by atoms with Crippen molar-refractivity contribution in [2.45, 2.75) is 44.4 Å². The summed E-state index contributed by atoms with van der Waals surface area (Å²) in [5.41, 5.74) is -1.09. The summed E-state index contributed by atoms with van der Waals surface area (Å²) in [4.78, 5) is 0. The Labute approximate surface area is 60.2 Å². The molecule has 2 aliphatic rings. The molecule has 2 aliphatic carbocycles. The fraction of sp³-hybridized carbons (Fsp3) is 1.00. The van der Waals surface area contributed by atoms with Crippen LogP contribution in [0.15, 0.2) is 0 Å². The molecule has 0 aromatic carbocycles. The summed E-state index contributed by atoms with van der Waals surface area (Å²) >= 11 is 0. The van der Waals surface area contributed by atoms with Gasteiger partial charge in [-0.3, -0.25) is 0 Å². The van der Waals surface area contributed by atoms with Crippen molar-refractivity contribution in [3.63, 3.8) is 0 Å². The molecule has 0 radical (unpaired) electrons. The largest absolute Gasteiger partial charge is 0.392 e. The van der Waals surface area contributed by atoms with Gasteiger partial charge in [-0.15, -0.1) is 0 Å². The number of aliphatic hydroxyl groups is 1. The zero-order valence-electron chi connectivity index (χ0n) is 6.23. The number of fused-ring (bicyclic) bond motifs is 2. The second-order valence-electron chi connectivity index (χ2n) is 4.20. The summed E-state index contributed by atoms with van der Waals surface area (Å²) < 4.78 is 13.4. The van der Waals surface area contributed by atoms with Gasteiger partial charge in [-0.1, -0.05) is 6.92 Å². The van der Waals surface area contributed by atoms with Crippen LogP contribution in [0, 0.1) is 5.41 Å². The zero-order chi connectivity index (χ0) is 7.41. The molecule has 3 unspecified atom stereocenters. The van der Waals surface area contributed by atoms with Crippen molar-refractivity contribution in [2.24, 2.45) is 5.41 Å². The van der Waals surface area contributed by atoms with E-state index in [1.807, 2.05) is 6.92 Å². The molecule has 58 valence electrons. The van der Waals surface area contributed by atoms with Crippen LogP contribution >= 0.6 is 0 Å². The molecular weight excluding hydrogens is 131 g/mol. The lowest BCUT2D eigenvalue weighted by Gasteiger charge is -2.26. The topological polar surface area (TPSA) is 20.2 Å². The Kier molecular flexibility index (Phi) is 1.02. The summed E-state index contributed by atoms with van der Waals surface area (Å²) in [6.45, 7) is 1.99. The number of aliphatic hydroxyl groups excluding tert-OH is 1. The van der Waals surface area contributed by atoms with Crippen LogP contribution in [0.2, 0.25) is 0 Å². The number of hydrogen-bond donors (Lipinski definition) is 1. The second kappa shape index (κ2) is 1.55. The molecule has 1 nitrogen and oxygen atoms in total. The maximum absolute atomic E-state index is 13.4. The molecule has 10 heavy (non-hydrogen) atoms. The van der Waals surface area contributed by atoms with Crippen molar-refractivity contribution in [3.05, 3.63) is 0 Å². The first-order valence-corrected chi connectivity index (χ1v) is 3.91. The maximum atomic E-state index is 13.4. The van der Waals surface area contributed by atoms with Crippen LogP contribution < -0.4 is 0 Å². The molecule has 2 fully saturated rings. The molecule has 0 aliphatic heterocycles. The third-order valence-corrected chi connectivity index (χ3v) is 3.23. The van der Waals surface area contributed by atoms with Gasteiger partial charge in [0.2, 0.25) is 0 Å². The number of alkyl halides is 1. The molecule has 2 rings (SSSR count). The van der Waals surface area contributed by atoms with E-state index in [9.17, 15) is 9.50 Å². The highest BCUT2D eigenvalue weighted by Gasteiger charge is 2.57. The van der Waals surface area contributed by atoms with Gasteiger partial charge in [0.25, 0.3) is 0 Å². The van der Waals surface area contributed by atoms with E-state index in [-0.39, 0.29) is 11.5 Å². The molecule has 0 amide bonds. The first-order chi connectivity index (χ1) is 4.54. The Balaban J connectivity index is 2.28. The number of halogens is 1. The average Bonchev–Trinajstić information content (AvgIpc) is 2.17. The van der Waals surface area contributed by atoms with Gasteiger partial charge in [0.15, 0.2) is 0 Å². The smallest absolute Gasteiger partial charge is 0.114 e. The quantitative estimate of drug-likeness (QED) is 0.548. The minimum absolute atomic E-state index is 0.0885. The standard InChI is InChI=1S/C8H13FO/c1-7-2-3-8(9,5-7)4-6(7)10/h6,10H,2-5H2,1H3. The van der Waals surface area contributed by atoms with E-state index in [0.29, 0.717) is 19.3 Å². The van der Waals surface area contributed by atoms with Crippen LogP contribution in [0.1, 0.15) is 32.6 Å². The molecule has 0 aromatic heterocycles. The fourth-order valence-electron chi connectivity index (χ4n) is 2.46. The minimum atomic E-state index is -1.01. The number of hydrogen-bond acceptors (Lipinski definition) is 1. The van der Waals surface area contributed by atoms with Gasteiger partial charge in [-0.05, 0) is 24.7 Å². The van der Waals surface area contributed by atoms with Crippen LogP contribution in [-0.4, -0.2) is 16.9 Å². The highest BCUT2D eigenvalue weighted by molar-refractivity contribution is 5.08. The van der Waals surface area contributed by atoms with E-state index in [0.717, 1.165) is 6.42 Å². The van der Waals surface area contributed by atoms with E-state index in [1.54, 1.807) is 0 Å². The first kappa shape index (κ1) is 6.59. The molecule has 2 bridgehead atoms. The Morgan fingerprint density at radius 1 is 1.50 bits per heavy atom. The lowest BCUT2D eigenvalue weighted by atomic mass is 9.84. The third-order valence-electron chi connectivity index (χ3n) is 3.23. The summed E-state index contributed by atoms with van der Waals surface area (Å²) in [5, 5.41) is 9.40. The molecule has 0 aromatic rings. The Hall–Kier alpha value is -0.110. The molecule has 2 saturated carbocycles. The zero-order valence-corrected chi connectivity index (χ0v) is 6.23. The van der Waals surface area contributed by atoms with Gasteiger partial charge in [-0.2, -0.15) is 0 Å². The lowest BCUT2D eigenvalue weighted by molar-refractivity contribution is 0.0378. The molecule has 1 N–H and O–H groups in total. The van der Waals surface area contributed by atoms with Crippen molar-refractivity contribution in [1.29, 1.82) is 0 Å². The number of rotatable bonds is 0. The highest BCUT2D eigenvalue weighted by atomic mass is 19.1. The van der Waals surface area contributed by atoms with Crippen molar-refractivity contribution in [1.82, 2.24) is 0 Å². The minimum Gasteiger partial charge on any atom is -0.392 e. The van der Waals surface area contributed by atoms with Crippen molar-refractivity contribution < 1.29 is 9.50 Å². The van der Waals surface area contributed by atoms with Gasteiger partial charge in [0.05, 0.1) is 6.10 Å². The molecular formula is C8H13FO. The van der Waals surface area contributed by atoms with Crippen LogP contribution in [0.5, 0.6) is 0 Å². The Bertz CT molecular complexity index is 171. The monoisotopic (exact) mass is 144 g/mol. The van der Waals surface area contributed by atoms with Gasteiger partial charge in [-0.25, -0.2) is 4.39 Å². The normalized spacial score (nSPS) is 59.7. The molecule has 0 saturated heterocycles. The van der Waals surface area contributed by atoms with Gasteiger partial charge >= 0.3 is 0 Å². The van der Waals surface area contributed by atoms with E-state index < -0.39 is 5.67 Å². The SMILES string of the molecule is CC12CCC(F)(CC1O)C2. The average molecular weight is 144 g/mol. The van der Waals surface area contributed by atoms with E-state index in [1.165, 1.54) is 0 Å². The molecule has 2 heteroatoms. The third kappa shape index (κ3) is 0.656. The molecule has 3 atom stereocenters. The Morgan fingerprint density at radius 3 is 2.40 bits per heavy atom. The van der Waals surface area contributed by atoms with Gasteiger partial charge in [0.1, 0.15) is 5.67 Å². The van der Waals surface area contributed by atoms with E-state index in [2.05, 4.69) is 0 Å². The predicted molar refractivity (Wildman–Crippen MR) is 36.4 cm³/mol. The van der Waals surface area contributed by atoms with Crippen molar-refractivity contribution in [2.75, 3.05) is 0 Å². The Morgan fingerprint density at radius 2 is 2.20 bits per heavy atom. The van der Waals surface area contributed by atoms with Crippen LogP contribution in [0.4, 0.5) is 4.39 Å². The second-order valence-corrected chi connectivity index (χ2v) is 4.20. The predicted octanol–water partition coefficient (Wildman–Crippen LogP) is 1.65. The fourth-order valence-corrected chi connectivity index (χ4v) is 2.46. The van der Waals surface area contributed by atoms with Gasteiger partial charge < -0.3 is 5.11 Å². The van der Waals surface area contributed by atoms with Crippen LogP contribution in [0.25, 0.3) is 0 Å². The maximum Gasteiger partial charge on any atom is 0.114 e. The van der Waals surface area contributed by atoms with Crippen molar-refractivity contribution in [3.8, 4) is 0 Å². The van der Waals surface area contributed by atoms with E-state index in [4.69, 9.17) is 0 Å².